The number of nitrogens with one attached hydrogen (secondary N) is 1. The van der Waals surface area contributed by atoms with Gasteiger partial charge >= 0.3 is 0 Å². The molecule has 20 heavy (non-hydrogen) atoms. The molecule has 0 fully saturated rings. The summed E-state index contributed by atoms with van der Waals surface area (Å²) >= 11 is 3.58. The quantitative estimate of drug-likeness (QED) is 0.806. The Labute approximate surface area is 131 Å². The summed E-state index contributed by atoms with van der Waals surface area (Å²) in [7, 11) is 1.71. The monoisotopic (exact) mass is 343 g/mol. The van der Waals surface area contributed by atoms with Crippen LogP contribution in [0.5, 0.6) is 5.75 Å². The summed E-state index contributed by atoms with van der Waals surface area (Å²) in [5, 5.41) is 3.48. The van der Waals surface area contributed by atoms with Crippen molar-refractivity contribution in [2.24, 2.45) is 0 Å². The van der Waals surface area contributed by atoms with Gasteiger partial charge in [0.25, 0.3) is 0 Å². The fourth-order valence-corrected chi connectivity index (χ4v) is 2.20. The van der Waals surface area contributed by atoms with Gasteiger partial charge < -0.3 is 14.8 Å². The first-order valence-electron chi connectivity index (χ1n) is 7.01. The van der Waals surface area contributed by atoms with E-state index in [4.69, 9.17) is 9.47 Å². The van der Waals surface area contributed by atoms with Gasteiger partial charge in [0.2, 0.25) is 0 Å². The molecule has 0 amide bonds. The SMILES string of the molecule is COCCC(C)Oc1ccc(CNC(C)(C)C)cc1Br. The van der Waals surface area contributed by atoms with Crippen molar-refractivity contribution in [3.63, 3.8) is 0 Å². The summed E-state index contributed by atoms with van der Waals surface area (Å²) in [6.07, 6.45) is 1.03. The first-order chi connectivity index (χ1) is 9.31. The molecule has 1 unspecified atom stereocenters. The average molecular weight is 344 g/mol. The molecule has 0 aliphatic carbocycles. The zero-order valence-corrected chi connectivity index (χ0v) is 14.7. The highest BCUT2D eigenvalue weighted by Gasteiger charge is 2.11. The summed E-state index contributed by atoms with van der Waals surface area (Å²) in [5.74, 6) is 0.883. The predicted octanol–water partition coefficient (Wildman–Crippen LogP) is 4.14. The van der Waals surface area contributed by atoms with Crippen LogP contribution in [0.2, 0.25) is 0 Å². The lowest BCUT2D eigenvalue weighted by atomic mass is 10.1. The van der Waals surface area contributed by atoms with Crippen molar-refractivity contribution in [1.82, 2.24) is 5.32 Å². The van der Waals surface area contributed by atoms with Crippen LogP contribution in [0.15, 0.2) is 22.7 Å². The minimum absolute atomic E-state index is 0.121. The molecular weight excluding hydrogens is 318 g/mol. The fourth-order valence-electron chi connectivity index (χ4n) is 1.68. The molecule has 0 bridgehead atoms. The second kappa shape index (κ2) is 8.01. The van der Waals surface area contributed by atoms with Crippen molar-refractivity contribution in [1.29, 1.82) is 0 Å². The second-order valence-corrected chi connectivity index (χ2v) is 6.93. The van der Waals surface area contributed by atoms with Crippen LogP contribution in [0.25, 0.3) is 0 Å². The normalized spacial score (nSPS) is 13.3. The van der Waals surface area contributed by atoms with E-state index in [0.29, 0.717) is 6.61 Å². The third-order valence-electron chi connectivity index (χ3n) is 2.88. The molecule has 1 aromatic rings. The molecule has 0 saturated heterocycles. The molecule has 0 aliphatic heterocycles. The molecule has 0 spiro atoms. The summed E-state index contributed by atoms with van der Waals surface area (Å²) in [5.41, 5.74) is 1.36. The van der Waals surface area contributed by atoms with Crippen LogP contribution >= 0.6 is 15.9 Å². The Kier molecular flexibility index (Phi) is 7.00. The van der Waals surface area contributed by atoms with Crippen molar-refractivity contribution in [3.05, 3.63) is 28.2 Å². The molecule has 1 aromatic carbocycles. The first kappa shape index (κ1) is 17.5. The van der Waals surface area contributed by atoms with E-state index in [1.807, 2.05) is 6.07 Å². The molecule has 1 rings (SSSR count). The van der Waals surface area contributed by atoms with Crippen LogP contribution in [-0.4, -0.2) is 25.4 Å². The van der Waals surface area contributed by atoms with Crippen LogP contribution in [0.4, 0.5) is 0 Å². The topological polar surface area (TPSA) is 30.5 Å². The van der Waals surface area contributed by atoms with Gasteiger partial charge in [0, 0.05) is 32.2 Å². The Morgan fingerprint density at radius 1 is 1.30 bits per heavy atom. The molecule has 3 nitrogen and oxygen atoms in total. The summed E-state index contributed by atoms with van der Waals surface area (Å²) < 4.78 is 12.0. The molecule has 0 aliphatic rings. The molecule has 4 heteroatoms. The zero-order chi connectivity index (χ0) is 15.2. The Bertz CT molecular complexity index is 415. The highest BCUT2D eigenvalue weighted by molar-refractivity contribution is 9.10. The van der Waals surface area contributed by atoms with Gasteiger partial charge in [-0.3, -0.25) is 0 Å². The Morgan fingerprint density at radius 2 is 2.00 bits per heavy atom. The molecule has 1 N–H and O–H groups in total. The van der Waals surface area contributed by atoms with Crippen molar-refractivity contribution in [2.45, 2.75) is 52.3 Å². The largest absolute Gasteiger partial charge is 0.489 e. The first-order valence-corrected chi connectivity index (χ1v) is 7.80. The lowest BCUT2D eigenvalue weighted by Crippen LogP contribution is -2.35. The fraction of sp³-hybridized carbons (Fsp3) is 0.625. The van der Waals surface area contributed by atoms with E-state index in [1.165, 1.54) is 5.56 Å². The number of hydrogen-bond acceptors (Lipinski definition) is 3. The lowest BCUT2D eigenvalue weighted by Gasteiger charge is -2.21. The number of benzene rings is 1. The van der Waals surface area contributed by atoms with Gasteiger partial charge in [-0.15, -0.1) is 0 Å². The lowest BCUT2D eigenvalue weighted by molar-refractivity contribution is 0.134. The van der Waals surface area contributed by atoms with E-state index < -0.39 is 0 Å². The van der Waals surface area contributed by atoms with Crippen LogP contribution in [-0.2, 0) is 11.3 Å². The van der Waals surface area contributed by atoms with Crippen LogP contribution in [0.1, 0.15) is 39.7 Å². The van der Waals surface area contributed by atoms with Gasteiger partial charge in [-0.2, -0.15) is 0 Å². The molecule has 114 valence electrons. The van der Waals surface area contributed by atoms with Gasteiger partial charge in [0.05, 0.1) is 10.6 Å². The van der Waals surface area contributed by atoms with Gasteiger partial charge in [0.15, 0.2) is 0 Å². The van der Waals surface area contributed by atoms with E-state index in [1.54, 1.807) is 7.11 Å². The standard InChI is InChI=1S/C16H26BrNO2/c1-12(8-9-19-5)20-15-7-6-13(10-14(15)17)11-18-16(2,3)4/h6-7,10,12,18H,8-9,11H2,1-5H3. The van der Waals surface area contributed by atoms with Gasteiger partial charge in [0.1, 0.15) is 5.75 Å². The maximum absolute atomic E-state index is 5.90. The highest BCUT2D eigenvalue weighted by Crippen LogP contribution is 2.27. The van der Waals surface area contributed by atoms with Crippen molar-refractivity contribution >= 4 is 15.9 Å². The Hall–Kier alpha value is -0.580. The predicted molar refractivity (Wildman–Crippen MR) is 87.3 cm³/mol. The number of hydrogen-bond donors (Lipinski definition) is 1. The Balaban J connectivity index is 2.59. The van der Waals surface area contributed by atoms with E-state index in [9.17, 15) is 0 Å². The average Bonchev–Trinajstić information content (AvgIpc) is 2.36. The highest BCUT2D eigenvalue weighted by atomic mass is 79.9. The summed E-state index contributed by atoms with van der Waals surface area (Å²) in [6.45, 7) is 10.1. The van der Waals surface area contributed by atoms with Crippen molar-refractivity contribution < 1.29 is 9.47 Å². The van der Waals surface area contributed by atoms with E-state index in [-0.39, 0.29) is 11.6 Å². The molecule has 0 saturated carbocycles. The summed E-state index contributed by atoms with van der Waals surface area (Å²) in [4.78, 5) is 0. The molecule has 0 aromatic heterocycles. The van der Waals surface area contributed by atoms with Crippen LogP contribution in [0.3, 0.4) is 0 Å². The van der Waals surface area contributed by atoms with Crippen molar-refractivity contribution in [2.75, 3.05) is 13.7 Å². The smallest absolute Gasteiger partial charge is 0.133 e. The number of halogens is 1. The Morgan fingerprint density at radius 3 is 2.55 bits per heavy atom. The molecule has 1 atom stereocenters. The second-order valence-electron chi connectivity index (χ2n) is 6.08. The molecule has 0 heterocycles. The van der Waals surface area contributed by atoms with Crippen LogP contribution in [0, 0.1) is 0 Å². The minimum atomic E-state index is 0.121. The molecule has 0 radical (unpaired) electrons. The number of ether oxygens (including phenoxy) is 2. The maximum Gasteiger partial charge on any atom is 0.133 e. The number of methoxy groups -OCH3 is 1. The number of rotatable bonds is 7. The van der Waals surface area contributed by atoms with E-state index in [2.05, 4.69) is 61.1 Å². The minimum Gasteiger partial charge on any atom is -0.489 e. The van der Waals surface area contributed by atoms with Gasteiger partial charge in [-0.05, 0) is 61.3 Å². The van der Waals surface area contributed by atoms with Crippen LogP contribution < -0.4 is 10.1 Å². The third-order valence-corrected chi connectivity index (χ3v) is 3.50. The van der Waals surface area contributed by atoms with Crippen molar-refractivity contribution in [3.8, 4) is 5.75 Å². The van der Waals surface area contributed by atoms with Gasteiger partial charge in [-0.1, -0.05) is 6.07 Å². The summed E-state index contributed by atoms with van der Waals surface area (Å²) in [6, 6.07) is 6.23. The zero-order valence-electron chi connectivity index (χ0n) is 13.1. The molecular formula is C16H26BrNO2. The van der Waals surface area contributed by atoms with Gasteiger partial charge in [-0.25, -0.2) is 0 Å². The van der Waals surface area contributed by atoms with E-state index >= 15 is 0 Å². The van der Waals surface area contributed by atoms with E-state index in [0.717, 1.165) is 23.2 Å². The maximum atomic E-state index is 5.90. The third kappa shape index (κ3) is 6.73.